The van der Waals surface area contributed by atoms with Gasteiger partial charge in [0.25, 0.3) is 5.91 Å². The largest absolute Gasteiger partial charge is 0.364 e. The van der Waals surface area contributed by atoms with Crippen molar-refractivity contribution in [3.8, 4) is 0 Å². The van der Waals surface area contributed by atoms with Crippen LogP contribution in [0.5, 0.6) is 0 Å². The molecule has 3 heteroatoms. The summed E-state index contributed by atoms with van der Waals surface area (Å²) in [4.78, 5) is 14.3. The summed E-state index contributed by atoms with van der Waals surface area (Å²) in [5.74, 6) is -0.0307. The lowest BCUT2D eigenvalue weighted by Gasteiger charge is -2.03. The van der Waals surface area contributed by atoms with E-state index in [9.17, 15) is 4.79 Å². The first-order valence-electron chi connectivity index (χ1n) is 3.17. The zero-order valence-corrected chi connectivity index (χ0v) is 5.42. The van der Waals surface area contributed by atoms with E-state index in [1.807, 2.05) is 6.92 Å². The fourth-order valence-electron chi connectivity index (χ4n) is 0.848. The van der Waals surface area contributed by atoms with E-state index in [-0.39, 0.29) is 11.9 Å². The Balaban J connectivity index is 2.37. The number of aliphatic imine (C=N–C) groups is 1. The maximum absolute atomic E-state index is 10.7. The molecule has 1 N–H and O–H groups in total. The van der Waals surface area contributed by atoms with E-state index in [1.165, 1.54) is 6.34 Å². The van der Waals surface area contributed by atoms with Crippen LogP contribution in [0.25, 0.3) is 0 Å². The van der Waals surface area contributed by atoms with Gasteiger partial charge in [-0.25, -0.2) is 4.99 Å². The van der Waals surface area contributed by atoms with Gasteiger partial charge in [0.05, 0.1) is 6.34 Å². The normalized spacial score (nSPS) is 24.6. The van der Waals surface area contributed by atoms with E-state index in [0.717, 1.165) is 12.8 Å². The number of hydrogen-bond acceptors (Lipinski definition) is 2. The molecule has 0 aliphatic carbocycles. The van der Waals surface area contributed by atoms with Crippen molar-refractivity contribution in [2.75, 3.05) is 0 Å². The van der Waals surface area contributed by atoms with Gasteiger partial charge in [-0.3, -0.25) is 4.79 Å². The molecule has 1 heterocycles. The molecule has 9 heavy (non-hydrogen) atoms. The van der Waals surface area contributed by atoms with E-state index in [0.29, 0.717) is 0 Å². The van der Waals surface area contributed by atoms with Gasteiger partial charge < -0.3 is 5.32 Å². The zero-order chi connectivity index (χ0) is 6.69. The second kappa shape index (κ2) is 2.62. The third kappa shape index (κ3) is 1.28. The van der Waals surface area contributed by atoms with Gasteiger partial charge in [-0.05, 0) is 6.42 Å². The Hall–Kier alpha value is -0.860. The van der Waals surface area contributed by atoms with E-state index in [4.69, 9.17) is 0 Å². The van der Waals surface area contributed by atoms with Gasteiger partial charge in [0, 0.05) is 0 Å². The van der Waals surface area contributed by atoms with Gasteiger partial charge in [0.1, 0.15) is 6.04 Å². The highest BCUT2D eigenvalue weighted by Gasteiger charge is 2.18. The highest BCUT2D eigenvalue weighted by atomic mass is 16.2. The summed E-state index contributed by atoms with van der Waals surface area (Å²) in [5.41, 5.74) is 0. The average molecular weight is 126 g/mol. The molecule has 0 spiro atoms. The fraction of sp³-hybridized carbons (Fsp3) is 0.667. The van der Waals surface area contributed by atoms with Crippen LogP contribution in [0, 0.1) is 0 Å². The minimum absolute atomic E-state index is 0.0307. The van der Waals surface area contributed by atoms with Crippen LogP contribution in [-0.4, -0.2) is 18.3 Å². The first kappa shape index (κ1) is 6.26. The first-order chi connectivity index (χ1) is 4.34. The van der Waals surface area contributed by atoms with Gasteiger partial charge in [0.2, 0.25) is 0 Å². The lowest BCUT2D eigenvalue weighted by Crippen LogP contribution is -2.27. The summed E-state index contributed by atoms with van der Waals surface area (Å²) in [6.45, 7) is 2.05. The van der Waals surface area contributed by atoms with Gasteiger partial charge in [-0.15, -0.1) is 0 Å². The van der Waals surface area contributed by atoms with Crippen molar-refractivity contribution in [1.29, 1.82) is 0 Å². The zero-order valence-electron chi connectivity index (χ0n) is 5.42. The molecule has 50 valence electrons. The molecular weight excluding hydrogens is 116 g/mol. The summed E-state index contributed by atoms with van der Waals surface area (Å²) in [6, 6.07) is -0.0324. The number of amides is 1. The van der Waals surface area contributed by atoms with Crippen molar-refractivity contribution in [3.63, 3.8) is 0 Å². The number of carbonyl (C=O) groups is 1. The smallest absolute Gasteiger partial charge is 0.269 e. The third-order valence-electron chi connectivity index (χ3n) is 1.34. The number of nitrogens with zero attached hydrogens (tertiary/aromatic N) is 1. The fourth-order valence-corrected chi connectivity index (χ4v) is 0.848. The second-order valence-electron chi connectivity index (χ2n) is 2.10. The molecule has 0 aromatic carbocycles. The maximum atomic E-state index is 10.7. The highest BCUT2D eigenvalue weighted by Crippen LogP contribution is 2.01. The Kier molecular flexibility index (Phi) is 1.82. The van der Waals surface area contributed by atoms with Crippen LogP contribution in [0.2, 0.25) is 0 Å². The minimum atomic E-state index is -0.0324. The molecule has 1 aliphatic heterocycles. The van der Waals surface area contributed by atoms with Crippen LogP contribution in [0.3, 0.4) is 0 Å². The molecule has 1 rings (SSSR count). The first-order valence-corrected chi connectivity index (χ1v) is 3.17. The molecule has 0 bridgehead atoms. The summed E-state index contributed by atoms with van der Waals surface area (Å²) in [6.07, 6.45) is 3.38. The molecule has 0 saturated carbocycles. The van der Waals surface area contributed by atoms with Crippen molar-refractivity contribution in [1.82, 2.24) is 5.32 Å². The van der Waals surface area contributed by atoms with Crippen LogP contribution in [0.4, 0.5) is 0 Å². The SMILES string of the molecule is CCCC1NC=NC1=O. The lowest BCUT2D eigenvalue weighted by atomic mass is 10.2. The summed E-state index contributed by atoms with van der Waals surface area (Å²) < 4.78 is 0. The highest BCUT2D eigenvalue weighted by molar-refractivity contribution is 5.94. The summed E-state index contributed by atoms with van der Waals surface area (Å²) >= 11 is 0. The molecule has 1 amide bonds. The van der Waals surface area contributed by atoms with Crippen LogP contribution >= 0.6 is 0 Å². The third-order valence-corrected chi connectivity index (χ3v) is 1.34. The van der Waals surface area contributed by atoms with E-state index >= 15 is 0 Å². The number of rotatable bonds is 2. The number of nitrogens with one attached hydrogen (secondary N) is 1. The van der Waals surface area contributed by atoms with Crippen molar-refractivity contribution in [2.45, 2.75) is 25.8 Å². The standard InChI is InChI=1S/C6H10N2O/c1-2-3-5-6(9)8-4-7-5/h4-5H,2-3H2,1H3,(H,7,8,9). The topological polar surface area (TPSA) is 41.5 Å². The molecular formula is C6H10N2O. The van der Waals surface area contributed by atoms with Crippen LogP contribution in [0.15, 0.2) is 4.99 Å². The van der Waals surface area contributed by atoms with Gasteiger partial charge in [0.15, 0.2) is 0 Å². The summed E-state index contributed by atoms with van der Waals surface area (Å²) in [7, 11) is 0. The Morgan fingerprint density at radius 2 is 2.67 bits per heavy atom. The van der Waals surface area contributed by atoms with Crippen molar-refractivity contribution >= 4 is 12.2 Å². The molecule has 0 aromatic rings. The van der Waals surface area contributed by atoms with Crippen LogP contribution in [-0.2, 0) is 4.79 Å². The molecule has 3 nitrogen and oxygen atoms in total. The molecule has 0 saturated heterocycles. The van der Waals surface area contributed by atoms with Crippen LogP contribution < -0.4 is 5.32 Å². The quantitative estimate of drug-likeness (QED) is 0.578. The molecule has 1 aliphatic rings. The number of carbonyl (C=O) groups excluding carboxylic acids is 1. The van der Waals surface area contributed by atoms with Gasteiger partial charge in [-0.1, -0.05) is 13.3 Å². The van der Waals surface area contributed by atoms with E-state index in [1.54, 1.807) is 0 Å². The Morgan fingerprint density at radius 3 is 3.11 bits per heavy atom. The van der Waals surface area contributed by atoms with Gasteiger partial charge in [-0.2, -0.15) is 0 Å². The molecule has 0 aromatic heterocycles. The molecule has 1 unspecified atom stereocenters. The second-order valence-corrected chi connectivity index (χ2v) is 2.10. The van der Waals surface area contributed by atoms with Crippen molar-refractivity contribution < 1.29 is 4.79 Å². The maximum Gasteiger partial charge on any atom is 0.269 e. The minimum Gasteiger partial charge on any atom is -0.364 e. The summed E-state index contributed by atoms with van der Waals surface area (Å²) in [5, 5.41) is 2.87. The number of hydrogen-bond donors (Lipinski definition) is 1. The predicted molar refractivity (Wildman–Crippen MR) is 35.3 cm³/mol. The van der Waals surface area contributed by atoms with Crippen molar-refractivity contribution in [2.24, 2.45) is 4.99 Å². The van der Waals surface area contributed by atoms with Gasteiger partial charge >= 0.3 is 0 Å². The Labute approximate surface area is 54.2 Å². The monoisotopic (exact) mass is 126 g/mol. The van der Waals surface area contributed by atoms with Crippen LogP contribution in [0.1, 0.15) is 19.8 Å². The lowest BCUT2D eigenvalue weighted by molar-refractivity contribution is -0.118. The molecule has 1 atom stereocenters. The predicted octanol–water partition coefficient (Wildman–Crippen LogP) is 0.313. The molecule has 0 fully saturated rings. The Bertz CT molecular complexity index is 142. The average Bonchev–Trinajstić information content (AvgIpc) is 2.18. The van der Waals surface area contributed by atoms with E-state index in [2.05, 4.69) is 10.3 Å². The Morgan fingerprint density at radius 1 is 1.89 bits per heavy atom. The van der Waals surface area contributed by atoms with Crippen molar-refractivity contribution in [3.05, 3.63) is 0 Å². The molecule has 0 radical (unpaired) electrons. The van der Waals surface area contributed by atoms with E-state index < -0.39 is 0 Å².